The first-order valence-corrected chi connectivity index (χ1v) is 11.1. The molecule has 24 heavy (non-hydrogen) atoms. The van der Waals surface area contributed by atoms with E-state index in [1.165, 1.54) is 96.3 Å². The molecule has 0 spiro atoms. The summed E-state index contributed by atoms with van der Waals surface area (Å²) in [6.45, 7) is 5.58. The van der Waals surface area contributed by atoms with Gasteiger partial charge in [-0.2, -0.15) is 0 Å². The molecule has 1 aliphatic heterocycles. The number of amides is 1. The minimum absolute atomic E-state index is 0.425. The maximum atomic E-state index is 12.1. The molecule has 1 rings (SSSR count). The van der Waals surface area contributed by atoms with Crippen LogP contribution in [0.25, 0.3) is 0 Å². The molecule has 2 nitrogen and oxygen atoms in total. The maximum absolute atomic E-state index is 12.1. The normalized spacial score (nSPS) is 16.1. The van der Waals surface area contributed by atoms with E-state index in [2.05, 4.69) is 18.7 Å². The lowest BCUT2D eigenvalue weighted by atomic mass is 9.99. The van der Waals surface area contributed by atoms with Gasteiger partial charge in [0, 0.05) is 19.0 Å². The van der Waals surface area contributed by atoms with Crippen molar-refractivity contribution < 1.29 is 4.79 Å². The molecule has 0 bridgehead atoms. The van der Waals surface area contributed by atoms with Crippen molar-refractivity contribution >= 4 is 5.91 Å². The molecular formula is C22H43NO. The predicted molar refractivity (Wildman–Crippen MR) is 105 cm³/mol. The highest BCUT2D eigenvalue weighted by atomic mass is 16.2. The van der Waals surface area contributed by atoms with Gasteiger partial charge in [0.1, 0.15) is 0 Å². The summed E-state index contributed by atoms with van der Waals surface area (Å²) in [5, 5.41) is 0. The number of carbonyl (C=O) groups excluding carboxylic acids is 1. The standard InChI is InChI=1S/C22H43NO/c1-3-5-7-9-11-13-15-18-21(23-20-16-19-22(23)24)17-14-12-10-8-6-4-2/h21H,3-20H2,1-2H3. The van der Waals surface area contributed by atoms with Gasteiger partial charge in [0.25, 0.3) is 0 Å². The number of rotatable bonds is 16. The largest absolute Gasteiger partial charge is 0.340 e. The average molecular weight is 338 g/mol. The first-order chi connectivity index (χ1) is 11.8. The lowest BCUT2D eigenvalue weighted by Crippen LogP contribution is -2.36. The Morgan fingerprint density at radius 1 is 0.750 bits per heavy atom. The SMILES string of the molecule is CCCCCCCCCC(CCCCCCCC)N1CCCC1=O. The van der Waals surface area contributed by atoms with Gasteiger partial charge in [0.15, 0.2) is 0 Å². The van der Waals surface area contributed by atoms with E-state index >= 15 is 0 Å². The Morgan fingerprint density at radius 2 is 1.21 bits per heavy atom. The molecule has 0 radical (unpaired) electrons. The van der Waals surface area contributed by atoms with Gasteiger partial charge in [-0.3, -0.25) is 4.79 Å². The van der Waals surface area contributed by atoms with Crippen molar-refractivity contribution in [3.05, 3.63) is 0 Å². The van der Waals surface area contributed by atoms with Gasteiger partial charge >= 0.3 is 0 Å². The van der Waals surface area contributed by atoms with Gasteiger partial charge in [-0.05, 0) is 19.3 Å². The van der Waals surface area contributed by atoms with Crippen molar-refractivity contribution in [2.24, 2.45) is 0 Å². The van der Waals surface area contributed by atoms with Crippen LogP contribution in [0.2, 0.25) is 0 Å². The molecular weight excluding hydrogens is 294 g/mol. The third kappa shape index (κ3) is 9.69. The summed E-state index contributed by atoms with van der Waals surface area (Å²) in [5.41, 5.74) is 0. The van der Waals surface area contributed by atoms with Gasteiger partial charge in [-0.15, -0.1) is 0 Å². The Morgan fingerprint density at radius 3 is 1.62 bits per heavy atom. The van der Waals surface area contributed by atoms with Crippen LogP contribution in [0.3, 0.4) is 0 Å². The molecule has 0 saturated carbocycles. The second-order valence-electron chi connectivity index (χ2n) is 7.81. The number of hydrogen-bond acceptors (Lipinski definition) is 1. The van der Waals surface area contributed by atoms with Crippen LogP contribution in [0.15, 0.2) is 0 Å². The van der Waals surface area contributed by atoms with Crippen LogP contribution in [-0.2, 0) is 4.79 Å². The van der Waals surface area contributed by atoms with Crippen molar-refractivity contribution in [2.75, 3.05) is 6.54 Å². The van der Waals surface area contributed by atoms with Crippen molar-refractivity contribution in [1.29, 1.82) is 0 Å². The van der Waals surface area contributed by atoms with E-state index in [0.29, 0.717) is 11.9 Å². The maximum Gasteiger partial charge on any atom is 0.222 e. The van der Waals surface area contributed by atoms with Crippen molar-refractivity contribution in [3.8, 4) is 0 Å². The Balaban J connectivity index is 2.19. The van der Waals surface area contributed by atoms with Gasteiger partial charge in [0.05, 0.1) is 0 Å². The average Bonchev–Trinajstić information content (AvgIpc) is 3.01. The quantitative estimate of drug-likeness (QED) is 0.281. The van der Waals surface area contributed by atoms with Gasteiger partial charge in [0.2, 0.25) is 5.91 Å². The molecule has 1 fully saturated rings. The zero-order chi connectivity index (χ0) is 17.5. The van der Waals surface area contributed by atoms with Gasteiger partial charge in [-0.25, -0.2) is 0 Å². The Bertz CT molecular complexity index is 302. The second kappa shape index (κ2) is 14.8. The summed E-state index contributed by atoms with van der Waals surface area (Å²) in [4.78, 5) is 14.3. The molecule has 1 aliphatic rings. The van der Waals surface area contributed by atoms with Gasteiger partial charge < -0.3 is 4.90 Å². The molecule has 1 atom stereocenters. The Hall–Kier alpha value is -0.530. The first kappa shape index (κ1) is 21.5. The van der Waals surface area contributed by atoms with E-state index in [-0.39, 0.29) is 0 Å². The monoisotopic (exact) mass is 337 g/mol. The number of likely N-dealkylation sites (tertiary alicyclic amines) is 1. The summed E-state index contributed by atoms with van der Waals surface area (Å²) in [6.07, 6.45) is 22.1. The third-order valence-electron chi connectivity index (χ3n) is 5.58. The zero-order valence-electron chi connectivity index (χ0n) is 16.7. The molecule has 2 heteroatoms. The predicted octanol–water partition coefficient (Wildman–Crippen LogP) is 6.87. The van der Waals surface area contributed by atoms with E-state index < -0.39 is 0 Å². The van der Waals surface area contributed by atoms with Gasteiger partial charge in [-0.1, -0.05) is 97.3 Å². The highest BCUT2D eigenvalue weighted by Gasteiger charge is 2.26. The minimum atomic E-state index is 0.425. The van der Waals surface area contributed by atoms with Crippen molar-refractivity contribution in [3.63, 3.8) is 0 Å². The second-order valence-corrected chi connectivity index (χ2v) is 7.81. The van der Waals surface area contributed by atoms with Crippen LogP contribution in [0.4, 0.5) is 0 Å². The van der Waals surface area contributed by atoms with Crippen LogP contribution in [0.1, 0.15) is 123 Å². The lowest BCUT2D eigenvalue weighted by Gasteiger charge is -2.28. The van der Waals surface area contributed by atoms with E-state index in [1.54, 1.807) is 0 Å². The smallest absolute Gasteiger partial charge is 0.222 e. The van der Waals surface area contributed by atoms with E-state index in [9.17, 15) is 4.79 Å². The molecule has 0 N–H and O–H groups in total. The molecule has 1 heterocycles. The molecule has 0 aromatic heterocycles. The minimum Gasteiger partial charge on any atom is -0.340 e. The molecule has 0 aromatic rings. The number of nitrogens with zero attached hydrogens (tertiary/aromatic N) is 1. The highest BCUT2D eigenvalue weighted by Crippen LogP contribution is 2.23. The molecule has 0 aromatic carbocycles. The number of hydrogen-bond donors (Lipinski definition) is 0. The zero-order valence-corrected chi connectivity index (χ0v) is 16.7. The molecule has 1 saturated heterocycles. The van der Waals surface area contributed by atoms with Crippen LogP contribution >= 0.6 is 0 Å². The lowest BCUT2D eigenvalue weighted by molar-refractivity contribution is -0.130. The van der Waals surface area contributed by atoms with Crippen LogP contribution in [0.5, 0.6) is 0 Å². The summed E-state index contributed by atoms with van der Waals surface area (Å²) < 4.78 is 0. The third-order valence-corrected chi connectivity index (χ3v) is 5.58. The first-order valence-electron chi connectivity index (χ1n) is 11.1. The summed E-state index contributed by atoms with van der Waals surface area (Å²) in [6, 6.07) is 0.543. The van der Waals surface area contributed by atoms with Crippen molar-refractivity contribution in [2.45, 2.75) is 129 Å². The molecule has 1 amide bonds. The molecule has 1 unspecified atom stereocenters. The van der Waals surface area contributed by atoms with Crippen LogP contribution < -0.4 is 0 Å². The van der Waals surface area contributed by atoms with E-state index in [0.717, 1.165) is 19.4 Å². The molecule has 142 valence electrons. The fraction of sp³-hybridized carbons (Fsp3) is 0.955. The van der Waals surface area contributed by atoms with Crippen LogP contribution in [-0.4, -0.2) is 23.4 Å². The summed E-state index contributed by atoms with van der Waals surface area (Å²) >= 11 is 0. The number of carbonyl (C=O) groups is 1. The van der Waals surface area contributed by atoms with E-state index in [1.807, 2.05) is 0 Å². The van der Waals surface area contributed by atoms with E-state index in [4.69, 9.17) is 0 Å². The Kier molecular flexibility index (Phi) is 13.3. The fourth-order valence-corrected chi connectivity index (χ4v) is 4.01. The fourth-order valence-electron chi connectivity index (χ4n) is 4.01. The summed E-state index contributed by atoms with van der Waals surface area (Å²) in [5.74, 6) is 0.425. The number of unbranched alkanes of at least 4 members (excludes halogenated alkanes) is 11. The Labute approximate surface area is 151 Å². The summed E-state index contributed by atoms with van der Waals surface area (Å²) in [7, 11) is 0. The van der Waals surface area contributed by atoms with Crippen LogP contribution in [0, 0.1) is 0 Å². The highest BCUT2D eigenvalue weighted by molar-refractivity contribution is 5.78. The molecule has 0 aliphatic carbocycles. The van der Waals surface area contributed by atoms with Crippen molar-refractivity contribution in [1.82, 2.24) is 4.90 Å². The topological polar surface area (TPSA) is 20.3 Å².